The van der Waals surface area contributed by atoms with Gasteiger partial charge in [0.2, 0.25) is 0 Å². The van der Waals surface area contributed by atoms with Crippen molar-refractivity contribution in [1.82, 2.24) is 4.57 Å². The van der Waals surface area contributed by atoms with E-state index in [1.807, 2.05) is 49.5 Å². The molecule has 5 heteroatoms. The maximum Gasteiger partial charge on any atom is 0.349 e. The maximum absolute atomic E-state index is 12.1. The van der Waals surface area contributed by atoms with Gasteiger partial charge in [-0.3, -0.25) is 0 Å². The van der Waals surface area contributed by atoms with E-state index in [-0.39, 0.29) is 5.97 Å². The number of carbonyl (C=O) groups excluding carboxylic acids is 1. The van der Waals surface area contributed by atoms with Gasteiger partial charge >= 0.3 is 5.97 Å². The largest absolute Gasteiger partial charge is 0.476 e. The number of rotatable bonds is 5. The third kappa shape index (κ3) is 3.67. The Balaban J connectivity index is 2.08. The van der Waals surface area contributed by atoms with Crippen molar-refractivity contribution >= 4 is 28.5 Å². The lowest BCUT2D eigenvalue weighted by Gasteiger charge is -2.24. The van der Waals surface area contributed by atoms with Crippen LogP contribution in [0, 0.1) is 6.92 Å². The van der Waals surface area contributed by atoms with E-state index in [9.17, 15) is 4.79 Å². The van der Waals surface area contributed by atoms with Crippen molar-refractivity contribution in [3.05, 3.63) is 53.2 Å². The summed E-state index contributed by atoms with van der Waals surface area (Å²) in [6.45, 7) is 7.62. The monoisotopic (exact) mass is 385 g/mol. The molecule has 0 aliphatic carbocycles. The highest BCUT2D eigenvalue weighted by Gasteiger charge is 2.31. The minimum absolute atomic E-state index is 0.323. The molecule has 0 aliphatic rings. The molecule has 0 spiro atoms. The van der Waals surface area contributed by atoms with Crippen LogP contribution in [-0.4, -0.2) is 22.7 Å². The molecular weight excluding hydrogens is 362 g/mol. The molecule has 0 fully saturated rings. The molecule has 0 saturated carbocycles. The van der Waals surface area contributed by atoms with E-state index in [0.717, 1.165) is 27.7 Å². The van der Waals surface area contributed by atoms with Crippen LogP contribution in [0.5, 0.6) is 5.75 Å². The van der Waals surface area contributed by atoms with E-state index in [1.165, 1.54) is 0 Å². The van der Waals surface area contributed by atoms with E-state index in [4.69, 9.17) is 21.1 Å². The standard InChI is InChI=1S/C22H24ClNO3/c1-6-26-21(25)22(3,4)27-17-11-12-19-18(13-17)20(14(2)24(19)5)15-7-9-16(23)10-8-15/h7-13H,6H2,1-5H3. The lowest BCUT2D eigenvalue weighted by atomic mass is 10.0. The number of ether oxygens (including phenoxy) is 2. The van der Waals surface area contributed by atoms with Gasteiger partial charge in [0.05, 0.1) is 6.61 Å². The number of hydrogen-bond donors (Lipinski definition) is 0. The van der Waals surface area contributed by atoms with E-state index >= 15 is 0 Å². The fourth-order valence-corrected chi connectivity index (χ4v) is 3.36. The Bertz CT molecular complexity index is 987. The second kappa shape index (κ2) is 7.28. The third-order valence-corrected chi connectivity index (χ3v) is 4.99. The van der Waals surface area contributed by atoms with Gasteiger partial charge in [0.15, 0.2) is 5.60 Å². The summed E-state index contributed by atoms with van der Waals surface area (Å²) in [6, 6.07) is 13.7. The molecule has 0 bridgehead atoms. The zero-order chi connectivity index (χ0) is 19.8. The van der Waals surface area contributed by atoms with E-state index in [2.05, 4.69) is 11.5 Å². The Morgan fingerprint density at radius 3 is 2.44 bits per heavy atom. The summed E-state index contributed by atoms with van der Waals surface area (Å²) in [5.41, 5.74) is 3.40. The van der Waals surface area contributed by atoms with Crippen molar-refractivity contribution in [3.8, 4) is 16.9 Å². The highest BCUT2D eigenvalue weighted by molar-refractivity contribution is 6.30. The van der Waals surface area contributed by atoms with Crippen molar-refractivity contribution in [3.63, 3.8) is 0 Å². The SMILES string of the molecule is CCOC(=O)C(C)(C)Oc1ccc2c(c1)c(-c1ccc(Cl)cc1)c(C)n2C. The molecule has 0 N–H and O–H groups in total. The summed E-state index contributed by atoms with van der Waals surface area (Å²) in [4.78, 5) is 12.1. The Hall–Kier alpha value is -2.46. The number of hydrogen-bond acceptors (Lipinski definition) is 3. The molecule has 0 atom stereocenters. The van der Waals surface area contributed by atoms with Gasteiger partial charge in [-0.15, -0.1) is 0 Å². The first-order valence-corrected chi connectivity index (χ1v) is 9.33. The van der Waals surface area contributed by atoms with Gasteiger partial charge < -0.3 is 14.0 Å². The van der Waals surface area contributed by atoms with Crippen molar-refractivity contribution in [2.24, 2.45) is 7.05 Å². The Morgan fingerprint density at radius 2 is 1.81 bits per heavy atom. The van der Waals surface area contributed by atoms with Crippen LogP contribution in [-0.2, 0) is 16.6 Å². The predicted octanol–water partition coefficient (Wildman–Crippen LogP) is 5.53. The number of carbonyl (C=O) groups is 1. The first-order chi connectivity index (χ1) is 12.7. The fourth-order valence-electron chi connectivity index (χ4n) is 3.24. The minimum atomic E-state index is -1.06. The van der Waals surface area contributed by atoms with Crippen LogP contribution in [0.4, 0.5) is 0 Å². The van der Waals surface area contributed by atoms with Crippen LogP contribution in [0.3, 0.4) is 0 Å². The zero-order valence-corrected chi connectivity index (χ0v) is 17.1. The van der Waals surface area contributed by atoms with E-state index in [0.29, 0.717) is 17.4 Å². The predicted molar refractivity (Wildman–Crippen MR) is 109 cm³/mol. The number of fused-ring (bicyclic) bond motifs is 1. The second-order valence-corrected chi connectivity index (χ2v) is 7.47. The average molecular weight is 386 g/mol. The number of aryl methyl sites for hydroxylation is 1. The normalized spacial score (nSPS) is 11.6. The van der Waals surface area contributed by atoms with Gasteiger partial charge in [0, 0.05) is 34.2 Å². The summed E-state index contributed by atoms with van der Waals surface area (Å²) in [5.74, 6) is 0.244. The van der Waals surface area contributed by atoms with Crippen molar-refractivity contribution < 1.29 is 14.3 Å². The summed E-state index contributed by atoms with van der Waals surface area (Å²) in [5, 5.41) is 1.77. The average Bonchev–Trinajstić information content (AvgIpc) is 2.86. The van der Waals surface area contributed by atoms with Gasteiger partial charge in [-0.05, 0) is 63.6 Å². The molecule has 4 nitrogen and oxygen atoms in total. The van der Waals surface area contributed by atoms with Gasteiger partial charge in [0.1, 0.15) is 5.75 Å². The zero-order valence-electron chi connectivity index (χ0n) is 16.3. The van der Waals surface area contributed by atoms with Gasteiger partial charge in [-0.2, -0.15) is 0 Å². The lowest BCUT2D eigenvalue weighted by Crippen LogP contribution is -2.39. The van der Waals surface area contributed by atoms with Crippen LogP contribution in [0.15, 0.2) is 42.5 Å². The molecular formula is C22H24ClNO3. The summed E-state index contributed by atoms with van der Waals surface area (Å²) >= 11 is 6.05. The highest BCUT2D eigenvalue weighted by Crippen LogP contribution is 2.37. The van der Waals surface area contributed by atoms with E-state index in [1.54, 1.807) is 20.8 Å². The van der Waals surface area contributed by atoms with Crippen LogP contribution >= 0.6 is 11.6 Å². The third-order valence-electron chi connectivity index (χ3n) is 4.74. The van der Waals surface area contributed by atoms with Crippen LogP contribution in [0.25, 0.3) is 22.0 Å². The smallest absolute Gasteiger partial charge is 0.349 e. The highest BCUT2D eigenvalue weighted by atomic mass is 35.5. The molecule has 1 heterocycles. The Morgan fingerprint density at radius 1 is 1.15 bits per heavy atom. The molecule has 0 radical (unpaired) electrons. The fraction of sp³-hybridized carbons (Fsp3) is 0.318. The van der Waals surface area contributed by atoms with Crippen molar-refractivity contribution in [1.29, 1.82) is 0 Å². The van der Waals surface area contributed by atoms with Crippen LogP contribution in [0.1, 0.15) is 26.5 Å². The molecule has 3 rings (SSSR count). The molecule has 27 heavy (non-hydrogen) atoms. The first kappa shape index (κ1) is 19.3. The molecule has 0 unspecified atom stereocenters. The van der Waals surface area contributed by atoms with Crippen LogP contribution < -0.4 is 4.74 Å². The molecule has 1 aromatic heterocycles. The van der Waals surface area contributed by atoms with Crippen LogP contribution in [0.2, 0.25) is 5.02 Å². The molecule has 3 aromatic rings. The molecule has 142 valence electrons. The van der Waals surface area contributed by atoms with Gasteiger partial charge in [-0.1, -0.05) is 23.7 Å². The van der Waals surface area contributed by atoms with Gasteiger partial charge in [0.25, 0.3) is 0 Å². The van der Waals surface area contributed by atoms with E-state index < -0.39 is 5.60 Å². The number of benzene rings is 2. The second-order valence-electron chi connectivity index (χ2n) is 7.04. The number of aromatic nitrogens is 1. The number of halogens is 1. The Labute approximate surface area is 164 Å². The van der Waals surface area contributed by atoms with Gasteiger partial charge in [-0.25, -0.2) is 4.79 Å². The molecule has 2 aromatic carbocycles. The topological polar surface area (TPSA) is 40.5 Å². The molecule has 0 saturated heterocycles. The minimum Gasteiger partial charge on any atom is -0.476 e. The summed E-state index contributed by atoms with van der Waals surface area (Å²) in [7, 11) is 2.04. The first-order valence-electron chi connectivity index (χ1n) is 8.96. The summed E-state index contributed by atoms with van der Waals surface area (Å²) < 4.78 is 13.2. The number of esters is 1. The quantitative estimate of drug-likeness (QED) is 0.542. The number of nitrogens with zero attached hydrogens (tertiary/aromatic N) is 1. The maximum atomic E-state index is 12.1. The Kier molecular flexibility index (Phi) is 5.20. The van der Waals surface area contributed by atoms with Crippen molar-refractivity contribution in [2.75, 3.05) is 6.61 Å². The van der Waals surface area contributed by atoms with Crippen molar-refractivity contribution in [2.45, 2.75) is 33.3 Å². The lowest BCUT2D eigenvalue weighted by molar-refractivity contribution is -0.158. The molecule has 0 aliphatic heterocycles. The summed E-state index contributed by atoms with van der Waals surface area (Å²) in [6.07, 6.45) is 0. The molecule has 0 amide bonds.